The highest BCUT2D eigenvalue weighted by atomic mass is 16.5. The van der Waals surface area contributed by atoms with Gasteiger partial charge in [-0.2, -0.15) is 0 Å². The van der Waals surface area contributed by atoms with Crippen LogP contribution < -0.4 is 0 Å². The molecule has 0 aromatic carbocycles. The Morgan fingerprint density at radius 3 is 0.895 bits per heavy atom. The molecule has 0 heterocycles. The molecule has 1 heteroatoms. The standard InChI is InChI=1S/C18H38O/c1-11-17(13(3)4,14(5)6)19-18(12-2,15(7)8)16(9)10/h13-16H,11-12H2,1-10H3. The lowest BCUT2D eigenvalue weighted by atomic mass is 9.73. The van der Waals surface area contributed by atoms with Crippen LogP contribution in [0.25, 0.3) is 0 Å². The zero-order valence-electron chi connectivity index (χ0n) is 15.1. The van der Waals surface area contributed by atoms with Crippen molar-refractivity contribution in [2.75, 3.05) is 0 Å². The number of ether oxygens (including phenoxy) is 1. The molecule has 19 heavy (non-hydrogen) atoms. The van der Waals surface area contributed by atoms with E-state index in [0.29, 0.717) is 23.7 Å². The van der Waals surface area contributed by atoms with Gasteiger partial charge in [-0.05, 0) is 36.5 Å². The van der Waals surface area contributed by atoms with E-state index in [9.17, 15) is 0 Å². The molecule has 1 nitrogen and oxygen atoms in total. The van der Waals surface area contributed by atoms with E-state index in [4.69, 9.17) is 4.74 Å². The van der Waals surface area contributed by atoms with Gasteiger partial charge < -0.3 is 4.74 Å². The first kappa shape index (κ1) is 19.0. The van der Waals surface area contributed by atoms with Crippen LogP contribution in [0.3, 0.4) is 0 Å². The molecule has 0 atom stereocenters. The van der Waals surface area contributed by atoms with Crippen LogP contribution in [0.5, 0.6) is 0 Å². The highest BCUT2D eigenvalue weighted by Gasteiger charge is 2.47. The van der Waals surface area contributed by atoms with E-state index in [-0.39, 0.29) is 11.2 Å². The van der Waals surface area contributed by atoms with Gasteiger partial charge in [-0.1, -0.05) is 69.2 Å². The minimum Gasteiger partial charge on any atom is -0.368 e. The Bertz CT molecular complexity index is 208. The minimum absolute atomic E-state index is 0.00937. The van der Waals surface area contributed by atoms with Crippen molar-refractivity contribution in [3.05, 3.63) is 0 Å². The van der Waals surface area contributed by atoms with Crippen LogP contribution in [-0.4, -0.2) is 11.2 Å². The van der Waals surface area contributed by atoms with Crippen molar-refractivity contribution in [3.8, 4) is 0 Å². The lowest BCUT2D eigenvalue weighted by molar-refractivity contribution is -0.235. The van der Waals surface area contributed by atoms with Gasteiger partial charge in [0.1, 0.15) is 0 Å². The highest BCUT2D eigenvalue weighted by molar-refractivity contribution is 4.95. The Balaban J connectivity index is 5.62. The molecule has 0 bridgehead atoms. The molecule has 0 aliphatic rings. The summed E-state index contributed by atoms with van der Waals surface area (Å²) in [6.45, 7) is 23.0. The summed E-state index contributed by atoms with van der Waals surface area (Å²) < 4.78 is 6.97. The fourth-order valence-corrected chi connectivity index (χ4v) is 3.94. The second-order valence-corrected chi connectivity index (χ2v) is 7.34. The largest absolute Gasteiger partial charge is 0.368 e. The van der Waals surface area contributed by atoms with Crippen molar-refractivity contribution in [2.24, 2.45) is 23.7 Å². The molecular formula is C18H38O. The zero-order valence-corrected chi connectivity index (χ0v) is 15.1. The van der Waals surface area contributed by atoms with Crippen LogP contribution in [0.1, 0.15) is 82.1 Å². The van der Waals surface area contributed by atoms with Gasteiger partial charge in [0.25, 0.3) is 0 Å². The van der Waals surface area contributed by atoms with E-state index in [2.05, 4.69) is 69.2 Å². The van der Waals surface area contributed by atoms with Crippen LogP contribution in [0.4, 0.5) is 0 Å². The van der Waals surface area contributed by atoms with Gasteiger partial charge in [0, 0.05) is 0 Å². The van der Waals surface area contributed by atoms with E-state index < -0.39 is 0 Å². The van der Waals surface area contributed by atoms with E-state index in [1.165, 1.54) is 0 Å². The van der Waals surface area contributed by atoms with Gasteiger partial charge in [0.2, 0.25) is 0 Å². The Kier molecular flexibility index (Phi) is 7.09. The van der Waals surface area contributed by atoms with Gasteiger partial charge in [-0.25, -0.2) is 0 Å². The molecule has 0 spiro atoms. The van der Waals surface area contributed by atoms with Crippen molar-refractivity contribution in [1.82, 2.24) is 0 Å². The fraction of sp³-hybridized carbons (Fsp3) is 1.00. The summed E-state index contributed by atoms with van der Waals surface area (Å²) in [6, 6.07) is 0. The summed E-state index contributed by atoms with van der Waals surface area (Å²) in [5.74, 6) is 2.17. The molecule has 0 aromatic rings. The monoisotopic (exact) mass is 270 g/mol. The molecule has 0 rings (SSSR count). The normalized spacial score (nSPS) is 14.2. The third-order valence-electron chi connectivity index (χ3n) is 5.39. The first-order valence-electron chi connectivity index (χ1n) is 8.30. The van der Waals surface area contributed by atoms with Crippen LogP contribution in [-0.2, 0) is 4.74 Å². The molecule has 0 amide bonds. The van der Waals surface area contributed by atoms with E-state index in [1.54, 1.807) is 0 Å². The molecule has 116 valence electrons. The van der Waals surface area contributed by atoms with Crippen LogP contribution in [0.15, 0.2) is 0 Å². The van der Waals surface area contributed by atoms with Crippen molar-refractivity contribution in [1.29, 1.82) is 0 Å². The average molecular weight is 271 g/mol. The minimum atomic E-state index is -0.00937. The molecule has 0 radical (unpaired) electrons. The van der Waals surface area contributed by atoms with Crippen molar-refractivity contribution < 1.29 is 4.74 Å². The second kappa shape index (κ2) is 7.11. The predicted octanol–water partition coefficient (Wildman–Crippen LogP) is 5.92. The maximum atomic E-state index is 6.97. The maximum Gasteiger partial charge on any atom is 0.0733 e. The number of rotatable bonds is 8. The molecular weight excluding hydrogens is 232 g/mol. The van der Waals surface area contributed by atoms with Crippen LogP contribution in [0, 0.1) is 23.7 Å². The zero-order chi connectivity index (χ0) is 15.4. The number of hydrogen-bond acceptors (Lipinski definition) is 1. The molecule has 0 N–H and O–H groups in total. The van der Waals surface area contributed by atoms with Gasteiger partial charge in [-0.3, -0.25) is 0 Å². The van der Waals surface area contributed by atoms with Gasteiger partial charge in [-0.15, -0.1) is 0 Å². The van der Waals surface area contributed by atoms with Crippen molar-refractivity contribution in [3.63, 3.8) is 0 Å². The molecule has 0 aliphatic heterocycles. The Hall–Kier alpha value is -0.0400. The molecule has 0 saturated carbocycles. The first-order valence-corrected chi connectivity index (χ1v) is 8.30. The third-order valence-corrected chi connectivity index (χ3v) is 5.39. The Labute approximate surface area is 122 Å². The Morgan fingerprint density at radius 2 is 0.789 bits per heavy atom. The summed E-state index contributed by atoms with van der Waals surface area (Å²) in [7, 11) is 0. The summed E-state index contributed by atoms with van der Waals surface area (Å²) in [5, 5.41) is 0. The van der Waals surface area contributed by atoms with E-state index >= 15 is 0 Å². The summed E-state index contributed by atoms with van der Waals surface area (Å²) >= 11 is 0. The fourth-order valence-electron chi connectivity index (χ4n) is 3.94. The summed E-state index contributed by atoms with van der Waals surface area (Å²) in [4.78, 5) is 0. The van der Waals surface area contributed by atoms with Gasteiger partial charge in [0.05, 0.1) is 11.2 Å². The average Bonchev–Trinajstić information content (AvgIpc) is 2.29. The maximum absolute atomic E-state index is 6.97. The summed E-state index contributed by atoms with van der Waals surface area (Å²) in [6.07, 6.45) is 2.17. The van der Waals surface area contributed by atoms with E-state index in [0.717, 1.165) is 12.8 Å². The molecule has 0 fully saturated rings. The van der Waals surface area contributed by atoms with Gasteiger partial charge in [0.15, 0.2) is 0 Å². The smallest absolute Gasteiger partial charge is 0.0733 e. The lowest BCUT2D eigenvalue weighted by Crippen LogP contribution is -2.55. The third kappa shape index (κ3) is 3.54. The van der Waals surface area contributed by atoms with E-state index in [1.807, 2.05) is 0 Å². The van der Waals surface area contributed by atoms with Crippen LogP contribution in [0.2, 0.25) is 0 Å². The topological polar surface area (TPSA) is 9.23 Å². The van der Waals surface area contributed by atoms with Crippen molar-refractivity contribution >= 4 is 0 Å². The van der Waals surface area contributed by atoms with Crippen LogP contribution >= 0.6 is 0 Å². The van der Waals surface area contributed by atoms with Gasteiger partial charge >= 0.3 is 0 Å². The predicted molar refractivity (Wildman–Crippen MR) is 86.5 cm³/mol. The SMILES string of the molecule is CCC(OC(CC)(C(C)C)C(C)C)(C(C)C)C(C)C. The molecule has 0 aromatic heterocycles. The number of hydrogen-bond donors (Lipinski definition) is 0. The quantitative estimate of drug-likeness (QED) is 0.531. The molecule has 0 saturated heterocycles. The Morgan fingerprint density at radius 1 is 0.579 bits per heavy atom. The molecule has 0 aliphatic carbocycles. The summed E-state index contributed by atoms with van der Waals surface area (Å²) in [5.41, 5.74) is -0.0187. The van der Waals surface area contributed by atoms with Crippen molar-refractivity contribution in [2.45, 2.75) is 93.3 Å². The molecule has 0 unspecified atom stereocenters. The second-order valence-electron chi connectivity index (χ2n) is 7.34. The first-order chi connectivity index (χ1) is 8.60. The highest BCUT2D eigenvalue weighted by Crippen LogP contribution is 2.44. The lowest BCUT2D eigenvalue weighted by Gasteiger charge is -2.52.